The van der Waals surface area contributed by atoms with Gasteiger partial charge in [0.05, 0.1) is 22.1 Å². The Kier molecular flexibility index (Phi) is 5.51. The highest BCUT2D eigenvalue weighted by atomic mass is 35.5. The fourth-order valence-corrected chi connectivity index (χ4v) is 2.55. The minimum atomic E-state index is -0.561. The van der Waals surface area contributed by atoms with E-state index in [0.717, 1.165) is 0 Å². The van der Waals surface area contributed by atoms with Crippen molar-refractivity contribution in [3.05, 3.63) is 38.9 Å². The summed E-state index contributed by atoms with van der Waals surface area (Å²) in [5, 5.41) is 13.6. The number of likely N-dealkylation sites (N-methyl/N-ethyl adjacent to an activating group) is 1. The van der Waals surface area contributed by atoms with Crippen molar-refractivity contribution in [3.8, 4) is 0 Å². The number of hydrogen-bond acceptors (Lipinski definition) is 5. The molecule has 0 unspecified atom stereocenters. The number of non-ortho nitro benzene ring substituents is 1. The van der Waals surface area contributed by atoms with Crippen molar-refractivity contribution in [2.45, 2.75) is 0 Å². The summed E-state index contributed by atoms with van der Waals surface area (Å²) in [5.41, 5.74) is -0.0448. The highest BCUT2D eigenvalue weighted by Crippen LogP contribution is 2.23. The van der Waals surface area contributed by atoms with Crippen LogP contribution in [0.3, 0.4) is 0 Å². The first-order chi connectivity index (χ1) is 10.9. The SMILES string of the molecule is CNC(=O)CN1CCN(C(=O)c2cc([N+](=O)[O-])ccc2Cl)CC1. The van der Waals surface area contributed by atoms with Crippen molar-refractivity contribution >= 4 is 29.1 Å². The summed E-state index contributed by atoms with van der Waals surface area (Å²) < 4.78 is 0. The van der Waals surface area contributed by atoms with Gasteiger partial charge in [-0.2, -0.15) is 0 Å². The molecule has 1 heterocycles. The first-order valence-corrected chi connectivity index (χ1v) is 7.46. The van der Waals surface area contributed by atoms with Crippen molar-refractivity contribution in [3.63, 3.8) is 0 Å². The predicted molar refractivity (Wildman–Crippen MR) is 84.5 cm³/mol. The van der Waals surface area contributed by atoms with Gasteiger partial charge in [0.2, 0.25) is 5.91 Å². The highest BCUT2D eigenvalue weighted by molar-refractivity contribution is 6.33. The fraction of sp³-hybridized carbons (Fsp3) is 0.429. The van der Waals surface area contributed by atoms with Crippen molar-refractivity contribution < 1.29 is 14.5 Å². The topological polar surface area (TPSA) is 95.8 Å². The monoisotopic (exact) mass is 340 g/mol. The standard InChI is InChI=1S/C14H17ClN4O4/c1-16-13(20)9-17-4-6-18(7-5-17)14(21)11-8-10(19(22)23)2-3-12(11)15/h2-3,8H,4-7,9H2,1H3,(H,16,20). The van der Waals surface area contributed by atoms with Crippen LogP contribution in [-0.4, -0.2) is 66.3 Å². The van der Waals surface area contributed by atoms with Crippen LogP contribution in [0.15, 0.2) is 18.2 Å². The molecule has 0 aliphatic carbocycles. The molecule has 1 aromatic rings. The Morgan fingerprint density at radius 1 is 1.30 bits per heavy atom. The van der Waals surface area contributed by atoms with Crippen LogP contribution in [0.2, 0.25) is 5.02 Å². The third kappa shape index (κ3) is 4.17. The minimum absolute atomic E-state index is 0.0773. The fourth-order valence-electron chi connectivity index (χ4n) is 2.35. The normalized spacial score (nSPS) is 15.3. The Hall–Kier alpha value is -2.19. The molecule has 0 aromatic heterocycles. The number of benzene rings is 1. The summed E-state index contributed by atoms with van der Waals surface area (Å²) in [7, 11) is 1.58. The number of carbonyl (C=O) groups is 2. The maximum Gasteiger partial charge on any atom is 0.270 e. The average Bonchev–Trinajstić information content (AvgIpc) is 2.55. The molecule has 0 radical (unpaired) electrons. The molecule has 2 rings (SSSR count). The molecule has 124 valence electrons. The van der Waals surface area contributed by atoms with E-state index in [2.05, 4.69) is 5.32 Å². The molecule has 1 N–H and O–H groups in total. The van der Waals surface area contributed by atoms with Crippen LogP contribution >= 0.6 is 11.6 Å². The Bertz CT molecular complexity index is 629. The Morgan fingerprint density at radius 2 is 1.96 bits per heavy atom. The van der Waals surface area contributed by atoms with E-state index < -0.39 is 4.92 Å². The summed E-state index contributed by atoms with van der Waals surface area (Å²) in [5.74, 6) is -0.412. The van der Waals surface area contributed by atoms with E-state index in [1.807, 2.05) is 4.90 Å². The van der Waals surface area contributed by atoms with Crippen molar-refractivity contribution in [1.29, 1.82) is 0 Å². The van der Waals surface area contributed by atoms with E-state index in [4.69, 9.17) is 11.6 Å². The third-order valence-corrected chi connectivity index (χ3v) is 4.03. The molecule has 1 aromatic carbocycles. The summed E-state index contributed by atoms with van der Waals surface area (Å²) >= 11 is 6.00. The second-order valence-electron chi connectivity index (χ2n) is 5.16. The number of halogens is 1. The summed E-state index contributed by atoms with van der Waals surface area (Å²) in [6, 6.07) is 3.82. The number of nitrogens with one attached hydrogen (secondary N) is 1. The van der Waals surface area contributed by atoms with Gasteiger partial charge in [0, 0.05) is 45.4 Å². The van der Waals surface area contributed by atoms with Crippen molar-refractivity contribution in [2.24, 2.45) is 0 Å². The van der Waals surface area contributed by atoms with Gasteiger partial charge in [-0.25, -0.2) is 0 Å². The zero-order chi connectivity index (χ0) is 17.0. The molecular weight excluding hydrogens is 324 g/mol. The third-order valence-electron chi connectivity index (χ3n) is 3.70. The largest absolute Gasteiger partial charge is 0.358 e. The second-order valence-corrected chi connectivity index (χ2v) is 5.57. The van der Waals surface area contributed by atoms with Gasteiger partial charge >= 0.3 is 0 Å². The lowest BCUT2D eigenvalue weighted by Crippen LogP contribution is -2.50. The van der Waals surface area contributed by atoms with E-state index >= 15 is 0 Å². The lowest BCUT2D eigenvalue weighted by molar-refractivity contribution is -0.384. The smallest absolute Gasteiger partial charge is 0.270 e. The van der Waals surface area contributed by atoms with Crippen LogP contribution in [0.1, 0.15) is 10.4 Å². The zero-order valence-electron chi connectivity index (χ0n) is 12.6. The highest BCUT2D eigenvalue weighted by Gasteiger charge is 2.25. The van der Waals surface area contributed by atoms with Crippen molar-refractivity contribution in [1.82, 2.24) is 15.1 Å². The number of carbonyl (C=O) groups excluding carboxylic acids is 2. The number of rotatable bonds is 4. The van der Waals surface area contributed by atoms with Crippen LogP contribution in [-0.2, 0) is 4.79 Å². The molecule has 0 saturated carbocycles. The van der Waals surface area contributed by atoms with Gasteiger partial charge in [0.1, 0.15) is 0 Å². The minimum Gasteiger partial charge on any atom is -0.358 e. The Balaban J connectivity index is 2.04. The molecule has 9 heteroatoms. The molecule has 1 saturated heterocycles. The van der Waals surface area contributed by atoms with Gasteiger partial charge in [-0.1, -0.05) is 11.6 Å². The first-order valence-electron chi connectivity index (χ1n) is 7.08. The number of amides is 2. The molecular formula is C14H17ClN4O4. The number of nitro groups is 1. The molecule has 1 aliphatic rings. The molecule has 8 nitrogen and oxygen atoms in total. The predicted octanol–water partition coefficient (Wildman–Crippen LogP) is 0.752. The van der Waals surface area contributed by atoms with E-state index in [1.165, 1.54) is 18.2 Å². The first kappa shape index (κ1) is 17.2. The molecule has 1 fully saturated rings. The molecule has 1 aliphatic heterocycles. The maximum atomic E-state index is 12.5. The van der Waals surface area contributed by atoms with Crippen LogP contribution in [0, 0.1) is 10.1 Å². The number of hydrogen-bond donors (Lipinski definition) is 1. The molecule has 0 bridgehead atoms. The summed E-state index contributed by atoms with van der Waals surface area (Å²) in [6.45, 7) is 2.29. The van der Waals surface area contributed by atoms with E-state index in [1.54, 1.807) is 11.9 Å². The Morgan fingerprint density at radius 3 is 2.52 bits per heavy atom. The lowest BCUT2D eigenvalue weighted by atomic mass is 10.1. The molecule has 23 heavy (non-hydrogen) atoms. The van der Waals surface area contributed by atoms with E-state index in [9.17, 15) is 19.7 Å². The van der Waals surface area contributed by atoms with Gasteiger partial charge < -0.3 is 10.2 Å². The maximum absolute atomic E-state index is 12.5. The lowest BCUT2D eigenvalue weighted by Gasteiger charge is -2.34. The van der Waals surface area contributed by atoms with Crippen LogP contribution in [0.5, 0.6) is 0 Å². The number of piperazine rings is 1. The van der Waals surface area contributed by atoms with Crippen LogP contribution < -0.4 is 5.32 Å². The van der Waals surface area contributed by atoms with Gasteiger partial charge in [0.25, 0.3) is 11.6 Å². The summed E-state index contributed by atoms with van der Waals surface area (Å²) in [6.07, 6.45) is 0. The summed E-state index contributed by atoms with van der Waals surface area (Å²) in [4.78, 5) is 37.6. The number of nitrogens with zero attached hydrogens (tertiary/aromatic N) is 3. The van der Waals surface area contributed by atoms with Crippen LogP contribution in [0.25, 0.3) is 0 Å². The quantitative estimate of drug-likeness (QED) is 0.644. The number of nitro benzene ring substituents is 1. The van der Waals surface area contributed by atoms with E-state index in [-0.39, 0.29) is 34.6 Å². The van der Waals surface area contributed by atoms with Crippen LogP contribution in [0.4, 0.5) is 5.69 Å². The van der Waals surface area contributed by atoms with Gasteiger partial charge in [-0.05, 0) is 6.07 Å². The molecule has 2 amide bonds. The Labute approximate surface area is 138 Å². The van der Waals surface area contributed by atoms with Gasteiger partial charge in [-0.15, -0.1) is 0 Å². The second kappa shape index (κ2) is 7.38. The van der Waals surface area contributed by atoms with Gasteiger partial charge in [0.15, 0.2) is 0 Å². The zero-order valence-corrected chi connectivity index (χ0v) is 13.4. The van der Waals surface area contributed by atoms with E-state index in [0.29, 0.717) is 26.2 Å². The molecule has 0 atom stereocenters. The van der Waals surface area contributed by atoms with Gasteiger partial charge in [-0.3, -0.25) is 24.6 Å². The molecule has 0 spiro atoms. The average molecular weight is 341 g/mol. The van der Waals surface area contributed by atoms with Crippen molar-refractivity contribution in [2.75, 3.05) is 39.8 Å².